The van der Waals surface area contributed by atoms with Crippen LogP contribution in [0, 0.1) is 6.92 Å². The molecule has 3 N–H and O–H groups in total. The highest BCUT2D eigenvalue weighted by molar-refractivity contribution is 9.10. The molecule has 94 valence electrons. The molecule has 0 bridgehead atoms. The largest absolute Gasteiger partial charge is 0.353 e. The summed E-state index contributed by atoms with van der Waals surface area (Å²) in [6.07, 6.45) is 0. The van der Waals surface area contributed by atoms with Gasteiger partial charge in [0.25, 0.3) is 0 Å². The summed E-state index contributed by atoms with van der Waals surface area (Å²) in [4.78, 5) is 8.81. The maximum Gasteiger partial charge on any atom is 0.223 e. The molecule has 18 heavy (non-hydrogen) atoms. The number of halogens is 1. The van der Waals surface area contributed by atoms with Crippen molar-refractivity contribution >= 4 is 21.9 Å². The van der Waals surface area contributed by atoms with Crippen LogP contribution >= 0.6 is 15.9 Å². The van der Waals surface area contributed by atoms with E-state index in [0.717, 1.165) is 21.4 Å². The second-order valence-electron chi connectivity index (χ2n) is 3.94. The number of aromatic nitrogens is 2. The average molecular weight is 307 g/mol. The van der Waals surface area contributed by atoms with Crippen molar-refractivity contribution in [3.8, 4) is 11.3 Å². The summed E-state index contributed by atoms with van der Waals surface area (Å²) < 4.78 is 1.05. The number of nitrogens with zero attached hydrogens (tertiary/aromatic N) is 2. The fourth-order valence-corrected chi connectivity index (χ4v) is 1.86. The molecule has 2 aromatic rings. The molecule has 1 heterocycles. The van der Waals surface area contributed by atoms with Crippen LogP contribution in [0.25, 0.3) is 11.3 Å². The van der Waals surface area contributed by atoms with Gasteiger partial charge in [-0.1, -0.05) is 28.1 Å². The van der Waals surface area contributed by atoms with E-state index in [1.807, 2.05) is 37.3 Å². The molecule has 0 saturated carbocycles. The van der Waals surface area contributed by atoms with Gasteiger partial charge in [-0.3, -0.25) is 0 Å². The SMILES string of the molecule is Cc1cc(-c2ccc(Br)cc2)nc(NCCN)n1. The molecule has 0 radical (unpaired) electrons. The van der Waals surface area contributed by atoms with Crippen LogP contribution in [0.5, 0.6) is 0 Å². The lowest BCUT2D eigenvalue weighted by molar-refractivity contribution is 0.981. The first-order valence-corrected chi connectivity index (χ1v) is 6.54. The Bertz CT molecular complexity index is 525. The molecule has 0 spiro atoms. The van der Waals surface area contributed by atoms with E-state index in [1.165, 1.54) is 0 Å². The van der Waals surface area contributed by atoms with Gasteiger partial charge in [0, 0.05) is 28.8 Å². The van der Waals surface area contributed by atoms with E-state index < -0.39 is 0 Å². The van der Waals surface area contributed by atoms with Crippen molar-refractivity contribution in [1.82, 2.24) is 9.97 Å². The van der Waals surface area contributed by atoms with Crippen LogP contribution in [-0.2, 0) is 0 Å². The molecule has 2 rings (SSSR count). The topological polar surface area (TPSA) is 63.8 Å². The molecular weight excluding hydrogens is 292 g/mol. The van der Waals surface area contributed by atoms with Crippen molar-refractivity contribution in [2.75, 3.05) is 18.4 Å². The van der Waals surface area contributed by atoms with Gasteiger partial charge in [-0.25, -0.2) is 9.97 Å². The summed E-state index contributed by atoms with van der Waals surface area (Å²) >= 11 is 3.42. The molecule has 0 unspecified atom stereocenters. The summed E-state index contributed by atoms with van der Waals surface area (Å²) in [5.41, 5.74) is 8.37. The van der Waals surface area contributed by atoms with Crippen molar-refractivity contribution in [2.24, 2.45) is 5.73 Å². The molecular formula is C13H15BrN4. The van der Waals surface area contributed by atoms with Gasteiger partial charge in [-0.2, -0.15) is 0 Å². The van der Waals surface area contributed by atoms with E-state index in [4.69, 9.17) is 5.73 Å². The highest BCUT2D eigenvalue weighted by Crippen LogP contribution is 2.21. The minimum absolute atomic E-state index is 0.560. The van der Waals surface area contributed by atoms with E-state index in [9.17, 15) is 0 Å². The summed E-state index contributed by atoms with van der Waals surface area (Å²) in [7, 11) is 0. The van der Waals surface area contributed by atoms with Gasteiger partial charge in [0.15, 0.2) is 0 Å². The van der Waals surface area contributed by atoms with Gasteiger partial charge >= 0.3 is 0 Å². The molecule has 0 amide bonds. The Morgan fingerprint density at radius 1 is 1.22 bits per heavy atom. The summed E-state index contributed by atoms with van der Waals surface area (Å²) in [6.45, 7) is 3.19. The highest BCUT2D eigenvalue weighted by Gasteiger charge is 2.04. The Kier molecular flexibility index (Phi) is 4.28. The lowest BCUT2D eigenvalue weighted by atomic mass is 10.1. The van der Waals surface area contributed by atoms with Gasteiger partial charge in [-0.15, -0.1) is 0 Å². The third-order valence-electron chi connectivity index (χ3n) is 2.42. The smallest absolute Gasteiger partial charge is 0.223 e. The van der Waals surface area contributed by atoms with Crippen molar-refractivity contribution < 1.29 is 0 Å². The molecule has 0 fully saturated rings. The Labute approximate surface area is 115 Å². The highest BCUT2D eigenvalue weighted by atomic mass is 79.9. The number of aryl methyl sites for hydroxylation is 1. The molecule has 0 aliphatic carbocycles. The Morgan fingerprint density at radius 2 is 1.94 bits per heavy atom. The second-order valence-corrected chi connectivity index (χ2v) is 4.86. The molecule has 1 aromatic carbocycles. The first-order chi connectivity index (χ1) is 8.69. The fraction of sp³-hybridized carbons (Fsp3) is 0.231. The van der Waals surface area contributed by atoms with Crippen molar-refractivity contribution in [2.45, 2.75) is 6.92 Å². The van der Waals surface area contributed by atoms with Crippen LogP contribution in [0.3, 0.4) is 0 Å². The number of hydrogen-bond acceptors (Lipinski definition) is 4. The van der Waals surface area contributed by atoms with Crippen LogP contribution in [0.2, 0.25) is 0 Å². The zero-order chi connectivity index (χ0) is 13.0. The monoisotopic (exact) mass is 306 g/mol. The summed E-state index contributed by atoms with van der Waals surface area (Å²) in [5.74, 6) is 0.623. The second kappa shape index (κ2) is 5.93. The quantitative estimate of drug-likeness (QED) is 0.911. The number of benzene rings is 1. The molecule has 5 heteroatoms. The fourth-order valence-electron chi connectivity index (χ4n) is 1.60. The number of nitrogens with two attached hydrogens (primary N) is 1. The van der Waals surface area contributed by atoms with Gasteiger partial charge < -0.3 is 11.1 Å². The maximum atomic E-state index is 5.46. The number of nitrogens with one attached hydrogen (secondary N) is 1. The standard InChI is InChI=1S/C13H15BrN4/c1-9-8-12(10-2-4-11(14)5-3-10)18-13(17-9)16-7-6-15/h2-5,8H,6-7,15H2,1H3,(H,16,17,18). The number of rotatable bonds is 4. The average Bonchev–Trinajstić information content (AvgIpc) is 2.36. The van der Waals surface area contributed by atoms with E-state index in [-0.39, 0.29) is 0 Å². The van der Waals surface area contributed by atoms with E-state index >= 15 is 0 Å². The van der Waals surface area contributed by atoms with Crippen LogP contribution in [-0.4, -0.2) is 23.1 Å². The van der Waals surface area contributed by atoms with Crippen molar-refractivity contribution in [3.05, 3.63) is 40.5 Å². The Balaban J connectivity index is 2.32. The predicted octanol–water partition coefficient (Wildman–Crippen LogP) is 2.59. The molecule has 4 nitrogen and oxygen atoms in total. The minimum atomic E-state index is 0.560. The van der Waals surface area contributed by atoms with Crippen LogP contribution in [0.15, 0.2) is 34.8 Å². The Morgan fingerprint density at radius 3 is 2.61 bits per heavy atom. The number of hydrogen-bond donors (Lipinski definition) is 2. The Hall–Kier alpha value is -1.46. The van der Waals surface area contributed by atoms with Gasteiger partial charge in [0.1, 0.15) is 0 Å². The first kappa shape index (κ1) is 13.0. The predicted molar refractivity (Wildman–Crippen MR) is 77.4 cm³/mol. The third-order valence-corrected chi connectivity index (χ3v) is 2.95. The normalized spacial score (nSPS) is 10.4. The first-order valence-electron chi connectivity index (χ1n) is 5.74. The van der Waals surface area contributed by atoms with Gasteiger partial charge in [-0.05, 0) is 25.1 Å². The van der Waals surface area contributed by atoms with Crippen LogP contribution in [0.1, 0.15) is 5.69 Å². The van der Waals surface area contributed by atoms with Crippen molar-refractivity contribution in [1.29, 1.82) is 0 Å². The lowest BCUT2D eigenvalue weighted by Crippen LogP contribution is -2.15. The minimum Gasteiger partial charge on any atom is -0.353 e. The van der Waals surface area contributed by atoms with E-state index in [0.29, 0.717) is 19.0 Å². The van der Waals surface area contributed by atoms with Gasteiger partial charge in [0.2, 0.25) is 5.95 Å². The zero-order valence-electron chi connectivity index (χ0n) is 10.2. The van der Waals surface area contributed by atoms with E-state index in [1.54, 1.807) is 0 Å². The molecule has 0 aliphatic heterocycles. The number of anilines is 1. The summed E-state index contributed by atoms with van der Waals surface area (Å²) in [5, 5.41) is 3.10. The molecule has 0 saturated heterocycles. The van der Waals surface area contributed by atoms with Crippen LogP contribution in [0.4, 0.5) is 5.95 Å². The summed E-state index contributed by atoms with van der Waals surface area (Å²) in [6, 6.07) is 10.0. The zero-order valence-corrected chi connectivity index (χ0v) is 11.7. The molecule has 0 aliphatic rings. The van der Waals surface area contributed by atoms with Crippen molar-refractivity contribution in [3.63, 3.8) is 0 Å². The lowest BCUT2D eigenvalue weighted by Gasteiger charge is -2.07. The molecule has 0 atom stereocenters. The van der Waals surface area contributed by atoms with Crippen LogP contribution < -0.4 is 11.1 Å². The third kappa shape index (κ3) is 3.27. The molecule has 1 aromatic heterocycles. The van der Waals surface area contributed by atoms with E-state index in [2.05, 4.69) is 31.2 Å². The maximum absolute atomic E-state index is 5.46. The van der Waals surface area contributed by atoms with Gasteiger partial charge in [0.05, 0.1) is 5.69 Å².